The number of fused-ring (bicyclic) bond motifs is 1. The minimum absolute atomic E-state index is 0.107. The third-order valence-corrected chi connectivity index (χ3v) is 3.88. The van der Waals surface area contributed by atoms with Crippen LogP contribution in [0, 0.1) is 11.6 Å². The van der Waals surface area contributed by atoms with E-state index in [0.29, 0.717) is 21.5 Å². The Balaban J connectivity index is 1.89. The van der Waals surface area contributed by atoms with Crippen LogP contribution in [0.15, 0.2) is 34.8 Å². The van der Waals surface area contributed by atoms with Gasteiger partial charge in [0.15, 0.2) is 11.5 Å². The second kappa shape index (κ2) is 5.61. The van der Waals surface area contributed by atoms with Crippen molar-refractivity contribution >= 4 is 15.9 Å². The van der Waals surface area contributed by atoms with Gasteiger partial charge in [-0.05, 0) is 45.8 Å². The van der Waals surface area contributed by atoms with Crippen LogP contribution in [0.2, 0.25) is 0 Å². The third-order valence-electron chi connectivity index (χ3n) is 3.29. The molecule has 0 saturated carbocycles. The number of hydrogen-bond donors (Lipinski definition) is 1. The Bertz CT molecular complexity index is 671. The molecule has 1 heterocycles. The highest BCUT2D eigenvalue weighted by molar-refractivity contribution is 9.10. The number of ether oxygens (including phenoxy) is 2. The standard InChI is InChI=1S/C15H11BrF2O3/c16-10-4-8(5-14-15(10)21-7-20-14)13(19)6-9-11(17)2-1-3-12(9)18/h1-5,13,19H,6-7H2. The lowest BCUT2D eigenvalue weighted by Gasteiger charge is -2.13. The van der Waals surface area contributed by atoms with Crippen LogP contribution in [0.4, 0.5) is 8.78 Å². The highest BCUT2D eigenvalue weighted by Gasteiger charge is 2.22. The molecule has 2 aromatic rings. The topological polar surface area (TPSA) is 38.7 Å². The monoisotopic (exact) mass is 356 g/mol. The van der Waals surface area contributed by atoms with Crippen molar-refractivity contribution < 1.29 is 23.4 Å². The van der Waals surface area contributed by atoms with Crippen LogP contribution in [-0.4, -0.2) is 11.9 Å². The molecular weight excluding hydrogens is 346 g/mol. The Kier molecular flexibility index (Phi) is 3.82. The fourth-order valence-electron chi connectivity index (χ4n) is 2.22. The summed E-state index contributed by atoms with van der Waals surface area (Å²) in [5.74, 6) is -0.293. The highest BCUT2D eigenvalue weighted by Crippen LogP contribution is 2.41. The fraction of sp³-hybridized carbons (Fsp3) is 0.200. The van der Waals surface area contributed by atoms with Crippen LogP contribution < -0.4 is 9.47 Å². The lowest BCUT2D eigenvalue weighted by Crippen LogP contribution is -2.06. The molecule has 0 aromatic heterocycles. The fourth-order valence-corrected chi connectivity index (χ4v) is 2.79. The minimum atomic E-state index is -1.05. The minimum Gasteiger partial charge on any atom is -0.454 e. The average Bonchev–Trinajstić information content (AvgIpc) is 2.91. The zero-order chi connectivity index (χ0) is 15.0. The van der Waals surface area contributed by atoms with Gasteiger partial charge in [-0.3, -0.25) is 0 Å². The van der Waals surface area contributed by atoms with Gasteiger partial charge in [0, 0.05) is 12.0 Å². The van der Waals surface area contributed by atoms with Crippen LogP contribution in [0.5, 0.6) is 11.5 Å². The van der Waals surface area contributed by atoms with E-state index in [9.17, 15) is 13.9 Å². The average molecular weight is 357 g/mol. The maximum atomic E-state index is 13.6. The van der Waals surface area contributed by atoms with E-state index in [1.165, 1.54) is 18.2 Å². The Labute approximate surface area is 128 Å². The lowest BCUT2D eigenvalue weighted by atomic mass is 10.0. The molecule has 1 aliphatic rings. The number of rotatable bonds is 3. The van der Waals surface area contributed by atoms with Crippen LogP contribution in [0.3, 0.4) is 0 Å². The van der Waals surface area contributed by atoms with Crippen molar-refractivity contribution in [3.05, 3.63) is 57.6 Å². The largest absolute Gasteiger partial charge is 0.454 e. The summed E-state index contributed by atoms with van der Waals surface area (Å²) in [6, 6.07) is 6.88. The summed E-state index contributed by atoms with van der Waals surface area (Å²) in [5, 5.41) is 10.2. The second-order valence-corrected chi connectivity index (χ2v) is 5.51. The molecular formula is C15H11BrF2O3. The Morgan fingerprint density at radius 3 is 2.62 bits per heavy atom. The molecule has 0 spiro atoms. The first kappa shape index (κ1) is 14.3. The molecule has 0 radical (unpaired) electrons. The first-order chi connectivity index (χ1) is 10.1. The number of aliphatic hydroxyl groups is 1. The maximum Gasteiger partial charge on any atom is 0.231 e. The lowest BCUT2D eigenvalue weighted by molar-refractivity contribution is 0.170. The van der Waals surface area contributed by atoms with E-state index >= 15 is 0 Å². The van der Waals surface area contributed by atoms with E-state index < -0.39 is 17.7 Å². The molecule has 0 amide bonds. The number of hydrogen-bond acceptors (Lipinski definition) is 3. The van der Waals surface area contributed by atoms with Gasteiger partial charge in [-0.25, -0.2) is 8.78 Å². The summed E-state index contributed by atoms with van der Waals surface area (Å²) in [4.78, 5) is 0. The molecule has 1 N–H and O–H groups in total. The van der Waals surface area contributed by atoms with E-state index in [4.69, 9.17) is 9.47 Å². The van der Waals surface area contributed by atoms with Gasteiger partial charge in [0.1, 0.15) is 11.6 Å². The molecule has 3 nitrogen and oxygen atoms in total. The summed E-state index contributed by atoms with van der Waals surface area (Å²) >= 11 is 3.32. The van der Waals surface area contributed by atoms with Gasteiger partial charge < -0.3 is 14.6 Å². The van der Waals surface area contributed by atoms with Gasteiger partial charge in [-0.1, -0.05) is 6.07 Å². The molecule has 110 valence electrons. The van der Waals surface area contributed by atoms with E-state index in [1.54, 1.807) is 12.1 Å². The first-order valence-corrected chi connectivity index (χ1v) is 7.05. The molecule has 1 unspecified atom stereocenters. The molecule has 0 saturated heterocycles. The smallest absolute Gasteiger partial charge is 0.231 e. The van der Waals surface area contributed by atoms with Gasteiger partial charge in [0.2, 0.25) is 6.79 Å². The van der Waals surface area contributed by atoms with Gasteiger partial charge >= 0.3 is 0 Å². The molecule has 0 aliphatic carbocycles. The Morgan fingerprint density at radius 2 is 1.90 bits per heavy atom. The second-order valence-electron chi connectivity index (χ2n) is 4.66. The van der Waals surface area contributed by atoms with Crippen LogP contribution in [0.25, 0.3) is 0 Å². The maximum absolute atomic E-state index is 13.6. The zero-order valence-corrected chi connectivity index (χ0v) is 12.4. The molecule has 21 heavy (non-hydrogen) atoms. The highest BCUT2D eigenvalue weighted by atomic mass is 79.9. The number of halogens is 3. The van der Waals surface area contributed by atoms with Crippen LogP contribution >= 0.6 is 15.9 Å². The third kappa shape index (κ3) is 2.73. The molecule has 2 aromatic carbocycles. The molecule has 1 aliphatic heterocycles. The van der Waals surface area contributed by atoms with Crippen molar-refractivity contribution in [2.45, 2.75) is 12.5 Å². The predicted octanol–water partition coefficient (Wildman–Crippen LogP) is 3.73. The summed E-state index contributed by atoms with van der Waals surface area (Å²) in [6.07, 6.45) is -1.22. The molecule has 3 rings (SSSR count). The molecule has 6 heteroatoms. The van der Waals surface area contributed by atoms with Crippen molar-refractivity contribution in [2.24, 2.45) is 0 Å². The summed E-state index contributed by atoms with van der Waals surface area (Å²) in [5.41, 5.74) is 0.354. The molecule has 0 fully saturated rings. The van der Waals surface area contributed by atoms with Crippen molar-refractivity contribution in [3.63, 3.8) is 0 Å². The summed E-state index contributed by atoms with van der Waals surface area (Å²) in [6.45, 7) is 0.107. The van der Waals surface area contributed by atoms with Gasteiger partial charge in [-0.2, -0.15) is 0 Å². The predicted molar refractivity (Wildman–Crippen MR) is 75.3 cm³/mol. The van der Waals surface area contributed by atoms with Crippen molar-refractivity contribution in [3.8, 4) is 11.5 Å². The SMILES string of the molecule is OC(Cc1c(F)cccc1F)c1cc(Br)c2c(c1)OCO2. The van der Waals surface area contributed by atoms with Crippen molar-refractivity contribution in [1.82, 2.24) is 0 Å². The molecule has 0 bridgehead atoms. The van der Waals surface area contributed by atoms with Gasteiger partial charge in [0.05, 0.1) is 10.6 Å². The first-order valence-electron chi connectivity index (χ1n) is 6.26. The normalized spacial score (nSPS) is 14.3. The van der Waals surface area contributed by atoms with Gasteiger partial charge in [0.25, 0.3) is 0 Å². The Morgan fingerprint density at radius 1 is 1.19 bits per heavy atom. The van der Waals surface area contributed by atoms with Gasteiger partial charge in [-0.15, -0.1) is 0 Å². The number of aliphatic hydroxyl groups excluding tert-OH is 1. The van der Waals surface area contributed by atoms with E-state index in [1.807, 2.05) is 0 Å². The van der Waals surface area contributed by atoms with Crippen LogP contribution in [-0.2, 0) is 6.42 Å². The Hall–Kier alpha value is -1.66. The van der Waals surface area contributed by atoms with Crippen molar-refractivity contribution in [1.29, 1.82) is 0 Å². The van der Waals surface area contributed by atoms with E-state index in [0.717, 1.165) is 0 Å². The number of benzene rings is 2. The van der Waals surface area contributed by atoms with E-state index in [-0.39, 0.29) is 18.8 Å². The zero-order valence-electron chi connectivity index (χ0n) is 10.8. The van der Waals surface area contributed by atoms with Crippen LogP contribution in [0.1, 0.15) is 17.2 Å². The quantitative estimate of drug-likeness (QED) is 0.910. The van der Waals surface area contributed by atoms with Crippen molar-refractivity contribution in [2.75, 3.05) is 6.79 Å². The molecule has 1 atom stereocenters. The van der Waals surface area contributed by atoms with E-state index in [2.05, 4.69) is 15.9 Å². The summed E-state index contributed by atoms with van der Waals surface area (Å²) in [7, 11) is 0. The summed E-state index contributed by atoms with van der Waals surface area (Å²) < 4.78 is 38.4.